The molecule has 26 heavy (non-hydrogen) atoms. The topological polar surface area (TPSA) is 75.7 Å². The zero-order chi connectivity index (χ0) is 19.3. The first kappa shape index (κ1) is 19.9. The molecule has 0 unspecified atom stereocenters. The smallest absolute Gasteiger partial charge is 0.243 e. The fourth-order valence-corrected chi connectivity index (χ4v) is 4.10. The number of benzene rings is 2. The molecule has 140 valence electrons. The molecule has 1 amide bonds. The fourth-order valence-electron chi connectivity index (χ4n) is 2.61. The molecule has 0 saturated heterocycles. The van der Waals surface area contributed by atoms with E-state index in [9.17, 15) is 13.2 Å². The van der Waals surface area contributed by atoms with E-state index in [4.69, 9.17) is 4.74 Å². The normalized spacial score (nSPS) is 11.4. The molecule has 1 N–H and O–H groups in total. The first-order chi connectivity index (χ1) is 12.3. The Kier molecular flexibility index (Phi) is 6.39. The maximum atomic E-state index is 12.9. The number of nitrogens with zero attached hydrogens (tertiary/aromatic N) is 1. The van der Waals surface area contributed by atoms with Gasteiger partial charge in [0.05, 0.1) is 18.6 Å². The number of amides is 1. The lowest BCUT2D eigenvalue weighted by Crippen LogP contribution is -2.37. The molecular formula is C19H24N2O4S. The van der Waals surface area contributed by atoms with Crippen molar-refractivity contribution in [3.05, 3.63) is 53.6 Å². The Balaban J connectivity index is 2.18. The standard InChI is InChI=1S/C19H24N2O4S/c1-5-21(13-19(22)20-16-8-6-7-14(2)11-16)26(23,24)17-9-10-18(25-4)15(3)12-17/h6-12H,5,13H2,1-4H3,(H,20,22). The molecule has 0 aliphatic rings. The second kappa shape index (κ2) is 8.33. The van der Waals surface area contributed by atoms with Gasteiger partial charge in [0.25, 0.3) is 0 Å². The van der Waals surface area contributed by atoms with Crippen molar-refractivity contribution in [2.24, 2.45) is 0 Å². The lowest BCUT2D eigenvalue weighted by molar-refractivity contribution is -0.116. The van der Waals surface area contributed by atoms with Gasteiger partial charge >= 0.3 is 0 Å². The van der Waals surface area contributed by atoms with E-state index in [1.165, 1.54) is 13.2 Å². The molecule has 0 atom stereocenters. The number of hydrogen-bond acceptors (Lipinski definition) is 4. The van der Waals surface area contributed by atoms with Crippen LogP contribution in [-0.2, 0) is 14.8 Å². The van der Waals surface area contributed by atoms with E-state index < -0.39 is 10.0 Å². The Labute approximate surface area is 154 Å². The number of anilines is 1. The predicted molar refractivity (Wildman–Crippen MR) is 102 cm³/mol. The Hall–Kier alpha value is -2.38. The van der Waals surface area contributed by atoms with E-state index in [0.717, 1.165) is 9.87 Å². The van der Waals surface area contributed by atoms with Crippen LogP contribution in [0.5, 0.6) is 5.75 Å². The van der Waals surface area contributed by atoms with Gasteiger partial charge < -0.3 is 10.1 Å². The second-order valence-electron chi connectivity index (χ2n) is 5.98. The predicted octanol–water partition coefficient (Wildman–Crippen LogP) is 2.96. The molecule has 0 aromatic heterocycles. The van der Waals surface area contributed by atoms with Crippen molar-refractivity contribution >= 4 is 21.6 Å². The van der Waals surface area contributed by atoms with Crippen molar-refractivity contribution in [3.8, 4) is 5.75 Å². The minimum Gasteiger partial charge on any atom is -0.496 e. The number of nitrogens with one attached hydrogen (secondary N) is 1. The van der Waals surface area contributed by atoms with Crippen LogP contribution >= 0.6 is 0 Å². The summed E-state index contributed by atoms with van der Waals surface area (Å²) < 4.78 is 32.0. The number of rotatable bonds is 7. The van der Waals surface area contributed by atoms with Gasteiger partial charge in [-0.2, -0.15) is 4.31 Å². The van der Waals surface area contributed by atoms with Crippen molar-refractivity contribution in [3.63, 3.8) is 0 Å². The zero-order valence-electron chi connectivity index (χ0n) is 15.4. The van der Waals surface area contributed by atoms with Crippen molar-refractivity contribution in [1.29, 1.82) is 0 Å². The lowest BCUT2D eigenvalue weighted by Gasteiger charge is -2.20. The van der Waals surface area contributed by atoms with E-state index in [2.05, 4.69) is 5.32 Å². The molecule has 0 fully saturated rings. The van der Waals surface area contributed by atoms with Crippen LogP contribution in [-0.4, -0.2) is 38.8 Å². The van der Waals surface area contributed by atoms with Gasteiger partial charge in [0.15, 0.2) is 0 Å². The number of aryl methyl sites for hydroxylation is 2. The minimum absolute atomic E-state index is 0.140. The summed E-state index contributed by atoms with van der Waals surface area (Å²) in [4.78, 5) is 12.4. The number of hydrogen-bond donors (Lipinski definition) is 1. The Morgan fingerprint density at radius 3 is 2.46 bits per heavy atom. The molecule has 6 nitrogen and oxygen atoms in total. The molecule has 0 bridgehead atoms. The number of methoxy groups -OCH3 is 1. The average molecular weight is 376 g/mol. The Morgan fingerprint density at radius 2 is 1.88 bits per heavy atom. The quantitative estimate of drug-likeness (QED) is 0.806. The molecular weight excluding hydrogens is 352 g/mol. The van der Waals surface area contributed by atoms with Crippen molar-refractivity contribution < 1.29 is 17.9 Å². The number of likely N-dealkylation sites (N-methyl/N-ethyl adjacent to an activating group) is 1. The van der Waals surface area contributed by atoms with E-state index in [1.54, 1.807) is 32.0 Å². The minimum atomic E-state index is -3.78. The van der Waals surface area contributed by atoms with Gasteiger partial charge in [-0.05, 0) is 55.3 Å². The molecule has 0 saturated carbocycles. The summed E-state index contributed by atoms with van der Waals surface area (Å²) >= 11 is 0. The molecule has 7 heteroatoms. The molecule has 0 aliphatic carbocycles. The van der Waals surface area contributed by atoms with Gasteiger partial charge in [0.1, 0.15) is 5.75 Å². The van der Waals surface area contributed by atoms with Crippen LogP contribution in [0.3, 0.4) is 0 Å². The molecule has 2 rings (SSSR count). The van der Waals surface area contributed by atoms with E-state index in [0.29, 0.717) is 17.0 Å². The number of carbonyl (C=O) groups excluding carboxylic acids is 1. The first-order valence-corrected chi connectivity index (χ1v) is 9.73. The van der Waals surface area contributed by atoms with Crippen molar-refractivity contribution in [2.75, 3.05) is 25.5 Å². The van der Waals surface area contributed by atoms with E-state index in [-0.39, 0.29) is 23.9 Å². The largest absolute Gasteiger partial charge is 0.496 e. The molecule has 0 spiro atoms. The van der Waals surface area contributed by atoms with Crippen LogP contribution in [0, 0.1) is 13.8 Å². The molecule has 0 heterocycles. The van der Waals surface area contributed by atoms with Crippen LogP contribution in [0.15, 0.2) is 47.4 Å². The average Bonchev–Trinajstić information content (AvgIpc) is 2.59. The SMILES string of the molecule is CCN(CC(=O)Nc1cccc(C)c1)S(=O)(=O)c1ccc(OC)c(C)c1. The molecule has 0 radical (unpaired) electrons. The van der Waals surface area contributed by atoms with Crippen LogP contribution in [0.4, 0.5) is 5.69 Å². The number of ether oxygens (including phenoxy) is 1. The van der Waals surface area contributed by atoms with Crippen molar-refractivity contribution in [1.82, 2.24) is 4.31 Å². The van der Waals surface area contributed by atoms with Gasteiger partial charge in [0.2, 0.25) is 15.9 Å². The third kappa shape index (κ3) is 4.62. The van der Waals surface area contributed by atoms with E-state index >= 15 is 0 Å². The Morgan fingerprint density at radius 1 is 1.15 bits per heavy atom. The molecule has 2 aromatic rings. The van der Waals surface area contributed by atoms with Gasteiger partial charge in [-0.15, -0.1) is 0 Å². The third-order valence-corrected chi connectivity index (χ3v) is 5.90. The van der Waals surface area contributed by atoms with Gasteiger partial charge in [-0.25, -0.2) is 8.42 Å². The van der Waals surface area contributed by atoms with Gasteiger partial charge in [-0.1, -0.05) is 19.1 Å². The van der Waals surface area contributed by atoms with Crippen LogP contribution < -0.4 is 10.1 Å². The van der Waals surface area contributed by atoms with Crippen LogP contribution in [0.1, 0.15) is 18.1 Å². The summed E-state index contributed by atoms with van der Waals surface area (Å²) in [6.45, 7) is 5.34. The number of sulfonamides is 1. The zero-order valence-corrected chi connectivity index (χ0v) is 16.3. The van der Waals surface area contributed by atoms with Gasteiger partial charge in [0, 0.05) is 12.2 Å². The summed E-state index contributed by atoms with van der Waals surface area (Å²) in [7, 11) is -2.24. The monoisotopic (exact) mass is 376 g/mol. The summed E-state index contributed by atoms with van der Waals surface area (Å²) in [6, 6.07) is 12.0. The van der Waals surface area contributed by atoms with Crippen molar-refractivity contribution in [2.45, 2.75) is 25.7 Å². The second-order valence-corrected chi connectivity index (χ2v) is 7.92. The summed E-state index contributed by atoms with van der Waals surface area (Å²) in [5.74, 6) is 0.232. The highest BCUT2D eigenvalue weighted by molar-refractivity contribution is 7.89. The third-order valence-electron chi connectivity index (χ3n) is 3.98. The van der Waals surface area contributed by atoms with Gasteiger partial charge in [-0.3, -0.25) is 4.79 Å². The van der Waals surface area contributed by atoms with E-state index in [1.807, 2.05) is 25.1 Å². The summed E-state index contributed by atoms with van der Waals surface area (Å²) in [5.41, 5.74) is 2.37. The lowest BCUT2D eigenvalue weighted by atomic mass is 10.2. The maximum absolute atomic E-state index is 12.9. The fraction of sp³-hybridized carbons (Fsp3) is 0.316. The summed E-state index contributed by atoms with van der Waals surface area (Å²) in [6.07, 6.45) is 0. The molecule has 0 aliphatic heterocycles. The highest BCUT2D eigenvalue weighted by atomic mass is 32.2. The first-order valence-electron chi connectivity index (χ1n) is 8.29. The molecule has 2 aromatic carbocycles. The number of carbonyl (C=O) groups is 1. The highest BCUT2D eigenvalue weighted by Crippen LogP contribution is 2.23. The summed E-state index contributed by atoms with van der Waals surface area (Å²) in [5, 5.41) is 2.74. The van der Waals surface area contributed by atoms with Crippen LogP contribution in [0.25, 0.3) is 0 Å². The highest BCUT2D eigenvalue weighted by Gasteiger charge is 2.25. The Bertz CT molecular complexity index is 894. The van der Waals surface area contributed by atoms with Crippen LogP contribution in [0.2, 0.25) is 0 Å². The maximum Gasteiger partial charge on any atom is 0.243 e.